The number of hydrogen-bond donors (Lipinski definition) is 0. The summed E-state index contributed by atoms with van der Waals surface area (Å²) in [6.07, 6.45) is 0.872. The predicted molar refractivity (Wildman–Crippen MR) is 61.0 cm³/mol. The Bertz CT molecular complexity index is 299. The van der Waals surface area contributed by atoms with Gasteiger partial charge in [-0.15, -0.1) is 0 Å². The summed E-state index contributed by atoms with van der Waals surface area (Å²) < 4.78 is 5.01. The Morgan fingerprint density at radius 1 is 1.36 bits per heavy atom. The third kappa shape index (κ3) is 3.16. The van der Waals surface area contributed by atoms with Crippen LogP contribution in [0.15, 0.2) is 18.2 Å². The second-order valence-electron chi connectivity index (χ2n) is 3.15. The molecule has 0 aromatic heterocycles. The molecular formula is C11H13Cl2O. The summed E-state index contributed by atoms with van der Waals surface area (Å²) in [4.78, 5) is 0. The van der Waals surface area contributed by atoms with Crippen LogP contribution in [0.5, 0.6) is 0 Å². The van der Waals surface area contributed by atoms with E-state index in [1.165, 1.54) is 5.92 Å². The van der Waals surface area contributed by atoms with Gasteiger partial charge in [-0.1, -0.05) is 30.1 Å². The molecule has 0 N–H and O–H groups in total. The Balaban J connectivity index is 2.77. The van der Waals surface area contributed by atoms with Crippen LogP contribution in [0, 0.1) is 5.92 Å². The smallest absolute Gasteiger partial charge is 0.0470 e. The topological polar surface area (TPSA) is 9.23 Å². The number of methoxy groups -OCH3 is 1. The second kappa shape index (κ2) is 5.59. The van der Waals surface area contributed by atoms with Crippen molar-refractivity contribution >= 4 is 23.2 Å². The molecule has 1 aromatic rings. The van der Waals surface area contributed by atoms with E-state index in [1.807, 2.05) is 19.1 Å². The van der Waals surface area contributed by atoms with Crippen LogP contribution in [-0.4, -0.2) is 13.7 Å². The maximum Gasteiger partial charge on any atom is 0.0470 e. The van der Waals surface area contributed by atoms with Crippen LogP contribution in [-0.2, 0) is 4.74 Å². The minimum atomic E-state index is 0.703. The molecule has 0 atom stereocenters. The first kappa shape index (κ1) is 11.8. The van der Waals surface area contributed by atoms with Gasteiger partial charge in [0.25, 0.3) is 0 Å². The first-order valence-corrected chi connectivity index (χ1v) is 5.17. The van der Waals surface area contributed by atoms with E-state index in [1.54, 1.807) is 13.2 Å². The molecule has 1 rings (SSSR count). The summed E-state index contributed by atoms with van der Waals surface area (Å²) >= 11 is 11.9. The lowest BCUT2D eigenvalue weighted by Crippen LogP contribution is -2.00. The number of benzene rings is 1. The fourth-order valence-corrected chi connectivity index (χ4v) is 1.67. The molecular weight excluding hydrogens is 219 g/mol. The van der Waals surface area contributed by atoms with E-state index in [0.717, 1.165) is 17.0 Å². The van der Waals surface area contributed by atoms with Crippen molar-refractivity contribution in [1.29, 1.82) is 0 Å². The van der Waals surface area contributed by atoms with Crippen LogP contribution >= 0.6 is 23.2 Å². The van der Waals surface area contributed by atoms with E-state index < -0.39 is 0 Å². The second-order valence-corrected chi connectivity index (χ2v) is 3.99. The summed E-state index contributed by atoms with van der Waals surface area (Å²) in [5, 5.41) is 1.45. The average Bonchev–Trinajstić information content (AvgIpc) is 2.18. The van der Waals surface area contributed by atoms with Crippen molar-refractivity contribution in [2.24, 2.45) is 0 Å². The van der Waals surface area contributed by atoms with E-state index >= 15 is 0 Å². The summed E-state index contributed by atoms with van der Waals surface area (Å²) in [5.74, 6) is 1.19. The van der Waals surface area contributed by atoms with Gasteiger partial charge in [0.2, 0.25) is 0 Å². The van der Waals surface area contributed by atoms with Gasteiger partial charge in [0.1, 0.15) is 0 Å². The number of hydrogen-bond acceptors (Lipinski definition) is 1. The van der Waals surface area contributed by atoms with E-state index in [0.29, 0.717) is 11.6 Å². The molecule has 0 saturated heterocycles. The molecule has 1 nitrogen and oxygen atoms in total. The van der Waals surface area contributed by atoms with Crippen molar-refractivity contribution in [1.82, 2.24) is 0 Å². The molecule has 0 saturated carbocycles. The molecule has 0 unspecified atom stereocenters. The Labute approximate surface area is 95.0 Å². The van der Waals surface area contributed by atoms with Crippen molar-refractivity contribution in [3.05, 3.63) is 39.7 Å². The highest BCUT2D eigenvalue weighted by molar-refractivity contribution is 6.33. The largest absolute Gasteiger partial charge is 0.385 e. The molecule has 77 valence electrons. The van der Waals surface area contributed by atoms with Crippen molar-refractivity contribution in [3.8, 4) is 0 Å². The summed E-state index contributed by atoms with van der Waals surface area (Å²) in [5.41, 5.74) is 1.01. The molecule has 0 aliphatic carbocycles. The number of ether oxygens (including phenoxy) is 1. The van der Waals surface area contributed by atoms with Crippen molar-refractivity contribution in [2.45, 2.75) is 13.3 Å². The molecule has 0 spiro atoms. The summed E-state index contributed by atoms with van der Waals surface area (Å²) in [7, 11) is 1.69. The van der Waals surface area contributed by atoms with Gasteiger partial charge >= 0.3 is 0 Å². The third-order valence-corrected chi connectivity index (χ3v) is 2.63. The van der Waals surface area contributed by atoms with Gasteiger partial charge in [-0.05, 0) is 30.2 Å². The average molecular weight is 232 g/mol. The van der Waals surface area contributed by atoms with Gasteiger partial charge in [0.05, 0.1) is 0 Å². The highest BCUT2D eigenvalue weighted by Gasteiger charge is 2.10. The molecule has 3 heteroatoms. The van der Waals surface area contributed by atoms with E-state index in [-0.39, 0.29) is 0 Å². The molecule has 0 amide bonds. The zero-order valence-electron chi connectivity index (χ0n) is 8.31. The summed E-state index contributed by atoms with van der Waals surface area (Å²) in [6.45, 7) is 2.74. The zero-order chi connectivity index (χ0) is 10.6. The van der Waals surface area contributed by atoms with Crippen LogP contribution in [0.3, 0.4) is 0 Å². The molecule has 1 aromatic carbocycles. The number of rotatable bonds is 4. The molecule has 0 aliphatic rings. The van der Waals surface area contributed by atoms with Crippen LogP contribution in [0.4, 0.5) is 0 Å². The van der Waals surface area contributed by atoms with Gasteiger partial charge in [-0.25, -0.2) is 0 Å². The van der Waals surface area contributed by atoms with Crippen molar-refractivity contribution < 1.29 is 4.74 Å². The molecule has 1 radical (unpaired) electrons. The quantitative estimate of drug-likeness (QED) is 0.763. The summed E-state index contributed by atoms with van der Waals surface area (Å²) in [6, 6.07) is 5.49. The fraction of sp³-hybridized carbons (Fsp3) is 0.364. The van der Waals surface area contributed by atoms with Crippen molar-refractivity contribution in [2.75, 3.05) is 13.7 Å². The lowest BCUT2D eigenvalue weighted by Gasteiger charge is -2.12. The normalized spacial score (nSPS) is 10.9. The van der Waals surface area contributed by atoms with Gasteiger partial charge in [-0.3, -0.25) is 0 Å². The maximum atomic E-state index is 6.05. The standard InChI is InChI=1S/C11H13Cl2O/c1-8(5-6-14-2)10-7-9(12)3-4-11(10)13/h3-4,7H,5-6H2,1-2H3. The van der Waals surface area contributed by atoms with Crippen LogP contribution < -0.4 is 0 Å². The fourth-order valence-electron chi connectivity index (χ4n) is 1.21. The molecule has 0 heterocycles. The highest BCUT2D eigenvalue weighted by atomic mass is 35.5. The molecule has 0 bridgehead atoms. The zero-order valence-corrected chi connectivity index (χ0v) is 9.82. The van der Waals surface area contributed by atoms with Crippen LogP contribution in [0.1, 0.15) is 18.9 Å². The predicted octanol–water partition coefficient (Wildman–Crippen LogP) is 3.97. The Morgan fingerprint density at radius 2 is 2.07 bits per heavy atom. The lowest BCUT2D eigenvalue weighted by molar-refractivity contribution is 0.199. The Morgan fingerprint density at radius 3 is 2.71 bits per heavy atom. The Hall–Kier alpha value is -0.240. The van der Waals surface area contributed by atoms with E-state index in [2.05, 4.69) is 0 Å². The number of halogens is 2. The first-order chi connectivity index (χ1) is 6.65. The van der Waals surface area contributed by atoms with Crippen LogP contribution in [0.2, 0.25) is 10.0 Å². The highest BCUT2D eigenvalue weighted by Crippen LogP contribution is 2.28. The SMILES string of the molecule is COCC[C](C)c1cc(Cl)ccc1Cl. The Kier molecular flexibility index (Phi) is 4.73. The molecule has 14 heavy (non-hydrogen) atoms. The molecule has 0 fully saturated rings. The lowest BCUT2D eigenvalue weighted by atomic mass is 9.98. The maximum absolute atomic E-state index is 6.05. The monoisotopic (exact) mass is 231 g/mol. The van der Waals surface area contributed by atoms with Crippen LogP contribution in [0.25, 0.3) is 0 Å². The minimum absolute atomic E-state index is 0.703. The third-order valence-electron chi connectivity index (χ3n) is 2.07. The van der Waals surface area contributed by atoms with E-state index in [9.17, 15) is 0 Å². The first-order valence-electron chi connectivity index (χ1n) is 4.42. The van der Waals surface area contributed by atoms with Gasteiger partial charge in [-0.2, -0.15) is 0 Å². The van der Waals surface area contributed by atoms with E-state index in [4.69, 9.17) is 27.9 Å². The van der Waals surface area contributed by atoms with Gasteiger partial charge < -0.3 is 4.74 Å². The minimum Gasteiger partial charge on any atom is -0.385 e. The van der Waals surface area contributed by atoms with Crippen molar-refractivity contribution in [3.63, 3.8) is 0 Å². The molecule has 0 aliphatic heterocycles. The van der Waals surface area contributed by atoms with Gasteiger partial charge in [0.15, 0.2) is 0 Å². The van der Waals surface area contributed by atoms with Gasteiger partial charge in [0, 0.05) is 29.7 Å².